The standard InChI is InChI=1S/C19H20N6O2/c1-23-11-20-15-10-13(4-5-14(15)19(23)27)18(26)24-7-6-16-21-17(12-2-3-12)22-25(16)9-8-24/h4-5,10-12H,2-3,6-9H2,1H3. The molecule has 0 N–H and O–H groups in total. The van der Waals surface area contributed by atoms with Crippen molar-refractivity contribution in [1.29, 1.82) is 0 Å². The molecule has 0 saturated heterocycles. The lowest BCUT2D eigenvalue weighted by molar-refractivity contribution is 0.0758. The van der Waals surface area contributed by atoms with E-state index in [-0.39, 0.29) is 11.5 Å². The fourth-order valence-corrected chi connectivity index (χ4v) is 3.56. The molecule has 3 heterocycles. The second kappa shape index (κ2) is 6.00. The first-order valence-corrected chi connectivity index (χ1v) is 9.28. The Labute approximate surface area is 155 Å². The molecular weight excluding hydrogens is 344 g/mol. The molecule has 27 heavy (non-hydrogen) atoms. The summed E-state index contributed by atoms with van der Waals surface area (Å²) in [5, 5.41) is 5.14. The number of carbonyl (C=O) groups is 1. The van der Waals surface area contributed by atoms with Crippen LogP contribution in [0.3, 0.4) is 0 Å². The van der Waals surface area contributed by atoms with Crippen LogP contribution in [0, 0.1) is 0 Å². The van der Waals surface area contributed by atoms with E-state index in [0.717, 1.165) is 11.6 Å². The van der Waals surface area contributed by atoms with Crippen LogP contribution in [0.15, 0.2) is 29.3 Å². The highest BCUT2D eigenvalue weighted by Crippen LogP contribution is 2.38. The predicted octanol–water partition coefficient (Wildman–Crippen LogP) is 1.10. The molecule has 0 bridgehead atoms. The summed E-state index contributed by atoms with van der Waals surface area (Å²) in [6.45, 7) is 1.87. The maximum Gasteiger partial charge on any atom is 0.260 e. The van der Waals surface area contributed by atoms with Gasteiger partial charge in [0.05, 0.1) is 23.8 Å². The minimum absolute atomic E-state index is 0.0486. The number of aromatic nitrogens is 5. The van der Waals surface area contributed by atoms with Crippen molar-refractivity contribution in [3.63, 3.8) is 0 Å². The predicted molar refractivity (Wildman–Crippen MR) is 98.6 cm³/mol. The Kier molecular flexibility index (Phi) is 3.60. The van der Waals surface area contributed by atoms with Gasteiger partial charge in [-0.05, 0) is 31.0 Å². The zero-order valence-corrected chi connectivity index (χ0v) is 15.1. The normalized spacial score (nSPS) is 17.0. The molecule has 1 saturated carbocycles. The van der Waals surface area contributed by atoms with Gasteiger partial charge in [0.25, 0.3) is 11.5 Å². The van der Waals surface area contributed by atoms with E-state index in [4.69, 9.17) is 0 Å². The lowest BCUT2D eigenvalue weighted by atomic mass is 10.1. The van der Waals surface area contributed by atoms with E-state index in [0.29, 0.717) is 48.4 Å². The number of hydrogen-bond acceptors (Lipinski definition) is 5. The Balaban J connectivity index is 1.38. The van der Waals surface area contributed by atoms with Crippen LogP contribution in [0.1, 0.15) is 40.8 Å². The summed E-state index contributed by atoms with van der Waals surface area (Å²) in [6.07, 6.45) is 4.56. The third kappa shape index (κ3) is 2.81. The van der Waals surface area contributed by atoms with Gasteiger partial charge in [-0.1, -0.05) is 0 Å². The van der Waals surface area contributed by atoms with E-state index >= 15 is 0 Å². The summed E-state index contributed by atoms with van der Waals surface area (Å²) < 4.78 is 3.38. The lowest BCUT2D eigenvalue weighted by Gasteiger charge is -2.20. The summed E-state index contributed by atoms with van der Waals surface area (Å²) in [4.78, 5) is 35.9. The molecule has 8 nitrogen and oxygen atoms in total. The molecular formula is C19H20N6O2. The van der Waals surface area contributed by atoms with Gasteiger partial charge in [-0.2, -0.15) is 5.10 Å². The highest BCUT2D eigenvalue weighted by molar-refractivity contribution is 5.97. The molecule has 0 radical (unpaired) electrons. The van der Waals surface area contributed by atoms with Crippen LogP contribution >= 0.6 is 0 Å². The van der Waals surface area contributed by atoms with Gasteiger partial charge in [0.2, 0.25) is 0 Å². The maximum absolute atomic E-state index is 13.0. The minimum Gasteiger partial charge on any atom is -0.336 e. The maximum atomic E-state index is 13.0. The number of hydrogen-bond donors (Lipinski definition) is 0. The van der Waals surface area contributed by atoms with Crippen molar-refractivity contribution in [2.45, 2.75) is 31.7 Å². The first-order valence-electron chi connectivity index (χ1n) is 9.28. The van der Waals surface area contributed by atoms with E-state index in [1.165, 1.54) is 23.7 Å². The molecule has 138 valence electrons. The zero-order chi connectivity index (χ0) is 18.5. The highest BCUT2D eigenvalue weighted by Gasteiger charge is 2.30. The van der Waals surface area contributed by atoms with E-state index in [2.05, 4.69) is 15.1 Å². The van der Waals surface area contributed by atoms with Crippen LogP contribution in [0.2, 0.25) is 0 Å². The minimum atomic E-state index is -0.114. The molecule has 0 atom stereocenters. The van der Waals surface area contributed by atoms with Crippen molar-refractivity contribution in [3.8, 4) is 0 Å². The Morgan fingerprint density at radius 2 is 2.04 bits per heavy atom. The Hall–Kier alpha value is -3.03. The summed E-state index contributed by atoms with van der Waals surface area (Å²) in [6, 6.07) is 5.09. The molecule has 2 aliphatic rings. The van der Waals surface area contributed by atoms with Gasteiger partial charge in [0.15, 0.2) is 5.82 Å². The monoisotopic (exact) mass is 364 g/mol. The van der Waals surface area contributed by atoms with Gasteiger partial charge in [-0.25, -0.2) is 14.6 Å². The van der Waals surface area contributed by atoms with Crippen molar-refractivity contribution >= 4 is 16.8 Å². The number of aryl methyl sites for hydroxylation is 1. The first-order chi connectivity index (χ1) is 13.1. The molecule has 8 heteroatoms. The molecule has 0 unspecified atom stereocenters. The second-order valence-corrected chi connectivity index (χ2v) is 7.32. The van der Waals surface area contributed by atoms with Crippen LogP contribution < -0.4 is 5.56 Å². The largest absolute Gasteiger partial charge is 0.336 e. The van der Waals surface area contributed by atoms with E-state index < -0.39 is 0 Å². The molecule has 1 aliphatic heterocycles. The Morgan fingerprint density at radius 3 is 2.85 bits per heavy atom. The van der Waals surface area contributed by atoms with Gasteiger partial charge in [0.1, 0.15) is 5.82 Å². The molecule has 2 aromatic heterocycles. The highest BCUT2D eigenvalue weighted by atomic mass is 16.2. The van der Waals surface area contributed by atoms with Gasteiger partial charge in [0, 0.05) is 38.0 Å². The van der Waals surface area contributed by atoms with Gasteiger partial charge in [-0.15, -0.1) is 0 Å². The molecule has 1 amide bonds. The summed E-state index contributed by atoms with van der Waals surface area (Å²) >= 11 is 0. The quantitative estimate of drug-likeness (QED) is 0.680. The van der Waals surface area contributed by atoms with Crippen LogP contribution in [0.5, 0.6) is 0 Å². The van der Waals surface area contributed by atoms with Crippen LogP contribution in [0.4, 0.5) is 0 Å². The average Bonchev–Trinajstić information content (AvgIpc) is 3.48. The van der Waals surface area contributed by atoms with Gasteiger partial charge >= 0.3 is 0 Å². The number of nitrogens with zero attached hydrogens (tertiary/aromatic N) is 6. The molecule has 0 spiro atoms. The van der Waals surface area contributed by atoms with Crippen molar-refractivity contribution < 1.29 is 4.79 Å². The topological polar surface area (TPSA) is 85.9 Å². The molecule has 3 aromatic rings. The first kappa shape index (κ1) is 16.2. The number of amides is 1. The average molecular weight is 364 g/mol. The second-order valence-electron chi connectivity index (χ2n) is 7.32. The summed E-state index contributed by atoms with van der Waals surface area (Å²) in [7, 11) is 1.66. The summed E-state index contributed by atoms with van der Waals surface area (Å²) in [5.74, 6) is 2.43. The fourth-order valence-electron chi connectivity index (χ4n) is 3.56. The SMILES string of the molecule is Cn1cnc2cc(C(=O)N3CCc4nc(C5CC5)nn4CC3)ccc2c1=O. The Bertz CT molecular complexity index is 1090. The lowest BCUT2D eigenvalue weighted by Crippen LogP contribution is -2.33. The van der Waals surface area contributed by atoms with Gasteiger partial charge < -0.3 is 9.47 Å². The van der Waals surface area contributed by atoms with Gasteiger partial charge in [-0.3, -0.25) is 9.59 Å². The fraction of sp³-hybridized carbons (Fsp3) is 0.421. The van der Waals surface area contributed by atoms with Crippen molar-refractivity contribution in [2.75, 3.05) is 13.1 Å². The summed E-state index contributed by atoms with van der Waals surface area (Å²) in [5.41, 5.74) is 0.980. The number of benzene rings is 1. The van der Waals surface area contributed by atoms with E-state index in [1.807, 2.05) is 9.58 Å². The molecule has 1 fully saturated rings. The number of rotatable bonds is 2. The van der Waals surface area contributed by atoms with E-state index in [9.17, 15) is 9.59 Å². The third-order valence-electron chi connectivity index (χ3n) is 5.35. The van der Waals surface area contributed by atoms with Crippen molar-refractivity contribution in [2.24, 2.45) is 7.05 Å². The molecule has 1 aliphatic carbocycles. The van der Waals surface area contributed by atoms with Crippen molar-refractivity contribution in [1.82, 2.24) is 29.2 Å². The zero-order valence-electron chi connectivity index (χ0n) is 15.1. The molecule has 1 aromatic carbocycles. The molecule has 5 rings (SSSR count). The van der Waals surface area contributed by atoms with Crippen LogP contribution in [-0.2, 0) is 20.0 Å². The Morgan fingerprint density at radius 1 is 1.19 bits per heavy atom. The van der Waals surface area contributed by atoms with Crippen LogP contribution in [-0.4, -0.2) is 48.2 Å². The third-order valence-corrected chi connectivity index (χ3v) is 5.35. The number of fused-ring (bicyclic) bond motifs is 2. The number of carbonyl (C=O) groups excluding carboxylic acids is 1. The smallest absolute Gasteiger partial charge is 0.260 e. The van der Waals surface area contributed by atoms with Crippen molar-refractivity contribution in [3.05, 3.63) is 52.1 Å². The van der Waals surface area contributed by atoms with Crippen LogP contribution in [0.25, 0.3) is 10.9 Å². The van der Waals surface area contributed by atoms with E-state index in [1.54, 1.807) is 25.2 Å².